The topological polar surface area (TPSA) is 76.4 Å². The first-order valence-corrected chi connectivity index (χ1v) is 10.3. The van der Waals surface area contributed by atoms with Crippen molar-refractivity contribution in [2.24, 2.45) is 0 Å². The van der Waals surface area contributed by atoms with Crippen molar-refractivity contribution in [1.29, 1.82) is 0 Å². The Morgan fingerprint density at radius 1 is 1.06 bits per heavy atom. The molecule has 1 amide bonds. The van der Waals surface area contributed by atoms with Gasteiger partial charge in [-0.15, -0.1) is 0 Å². The minimum atomic E-state index is -0.426. The highest BCUT2D eigenvalue weighted by Gasteiger charge is 2.22. The SMILES string of the molecule is O=C(NC(=S)Nc1cccc(OC2Cc3ccccc3C2)c1)c1cc2cnccc2o1. The zero-order valence-electron chi connectivity index (χ0n) is 16.5. The van der Waals surface area contributed by atoms with Crippen LogP contribution in [0.1, 0.15) is 21.7 Å². The first kappa shape index (κ1) is 19.3. The predicted octanol–water partition coefficient (Wildman–Crippen LogP) is 4.50. The first-order chi connectivity index (χ1) is 15.1. The zero-order valence-corrected chi connectivity index (χ0v) is 17.3. The molecule has 154 valence electrons. The van der Waals surface area contributed by atoms with Crippen molar-refractivity contribution in [3.05, 3.63) is 89.9 Å². The Balaban J connectivity index is 1.20. The Morgan fingerprint density at radius 2 is 1.87 bits per heavy atom. The van der Waals surface area contributed by atoms with Crippen LogP contribution in [0.3, 0.4) is 0 Å². The van der Waals surface area contributed by atoms with Crippen LogP contribution in [-0.4, -0.2) is 22.1 Å². The summed E-state index contributed by atoms with van der Waals surface area (Å²) in [6.45, 7) is 0. The number of anilines is 1. The largest absolute Gasteiger partial charge is 0.490 e. The molecule has 0 unspecified atom stereocenters. The molecule has 0 atom stereocenters. The fourth-order valence-corrected chi connectivity index (χ4v) is 3.98. The predicted molar refractivity (Wildman–Crippen MR) is 122 cm³/mol. The van der Waals surface area contributed by atoms with Crippen LogP contribution in [0.25, 0.3) is 11.0 Å². The standard InChI is InChI=1S/C24H19N3O3S/c28-23(22-12-17-14-25-9-8-21(17)30-22)27-24(31)26-18-6-3-7-19(13-18)29-20-10-15-4-1-2-5-16(15)11-20/h1-9,12-14,20H,10-11H2,(H2,26,27,28,31). The minimum Gasteiger partial charge on any atom is -0.490 e. The Kier molecular flexibility index (Phi) is 5.09. The van der Waals surface area contributed by atoms with Crippen LogP contribution >= 0.6 is 12.2 Å². The molecular weight excluding hydrogens is 410 g/mol. The Hall–Kier alpha value is -3.71. The van der Waals surface area contributed by atoms with E-state index in [1.807, 2.05) is 24.3 Å². The van der Waals surface area contributed by atoms with Gasteiger partial charge in [-0.2, -0.15) is 0 Å². The maximum absolute atomic E-state index is 12.4. The second kappa shape index (κ2) is 8.20. The maximum Gasteiger partial charge on any atom is 0.293 e. The van der Waals surface area contributed by atoms with Crippen LogP contribution in [0.4, 0.5) is 5.69 Å². The van der Waals surface area contributed by atoms with E-state index in [-0.39, 0.29) is 17.0 Å². The molecule has 5 rings (SSSR count). The molecule has 1 aliphatic rings. The molecule has 2 aromatic heterocycles. The zero-order chi connectivity index (χ0) is 21.2. The van der Waals surface area contributed by atoms with Crippen molar-refractivity contribution in [2.45, 2.75) is 18.9 Å². The van der Waals surface area contributed by atoms with E-state index >= 15 is 0 Å². The molecule has 0 saturated heterocycles. The maximum atomic E-state index is 12.4. The van der Waals surface area contributed by atoms with Crippen LogP contribution < -0.4 is 15.4 Å². The highest BCUT2D eigenvalue weighted by atomic mass is 32.1. The van der Waals surface area contributed by atoms with Crippen molar-refractivity contribution in [1.82, 2.24) is 10.3 Å². The summed E-state index contributed by atoms with van der Waals surface area (Å²) < 4.78 is 11.7. The number of furan rings is 1. The van der Waals surface area contributed by atoms with Crippen molar-refractivity contribution in [3.8, 4) is 5.75 Å². The lowest BCUT2D eigenvalue weighted by Crippen LogP contribution is -2.33. The van der Waals surface area contributed by atoms with Crippen LogP contribution in [0.2, 0.25) is 0 Å². The van der Waals surface area contributed by atoms with Crippen LogP contribution in [0.5, 0.6) is 5.75 Å². The Morgan fingerprint density at radius 3 is 2.65 bits per heavy atom. The van der Waals surface area contributed by atoms with E-state index in [0.29, 0.717) is 5.58 Å². The number of benzene rings is 2. The van der Waals surface area contributed by atoms with E-state index in [2.05, 4.69) is 39.9 Å². The Bertz CT molecular complexity index is 1230. The average molecular weight is 430 g/mol. The number of ether oxygens (including phenoxy) is 1. The smallest absolute Gasteiger partial charge is 0.293 e. The summed E-state index contributed by atoms with van der Waals surface area (Å²) in [5.41, 5.74) is 4.00. The van der Waals surface area contributed by atoms with Gasteiger partial charge in [0.2, 0.25) is 0 Å². The van der Waals surface area contributed by atoms with Gasteiger partial charge in [-0.25, -0.2) is 0 Å². The van der Waals surface area contributed by atoms with E-state index in [0.717, 1.165) is 29.7 Å². The van der Waals surface area contributed by atoms with Gasteiger partial charge < -0.3 is 14.5 Å². The molecule has 6 nitrogen and oxygen atoms in total. The molecular formula is C24H19N3O3S. The third kappa shape index (κ3) is 4.27. The van der Waals surface area contributed by atoms with Crippen LogP contribution in [0, 0.1) is 0 Å². The molecule has 2 aromatic carbocycles. The van der Waals surface area contributed by atoms with Gasteiger partial charge in [0.15, 0.2) is 10.9 Å². The van der Waals surface area contributed by atoms with Crippen molar-refractivity contribution in [3.63, 3.8) is 0 Å². The lowest BCUT2D eigenvalue weighted by molar-refractivity contribution is 0.0953. The van der Waals surface area contributed by atoms with Gasteiger partial charge in [0, 0.05) is 42.4 Å². The van der Waals surface area contributed by atoms with E-state index in [4.69, 9.17) is 21.4 Å². The van der Waals surface area contributed by atoms with E-state index < -0.39 is 5.91 Å². The molecule has 0 spiro atoms. The van der Waals surface area contributed by atoms with Crippen LogP contribution in [-0.2, 0) is 12.8 Å². The number of hydrogen-bond acceptors (Lipinski definition) is 5. The molecule has 0 bridgehead atoms. The summed E-state index contributed by atoms with van der Waals surface area (Å²) in [6, 6.07) is 19.3. The molecule has 0 radical (unpaired) electrons. The molecule has 4 aromatic rings. The van der Waals surface area contributed by atoms with Gasteiger partial charge in [-0.1, -0.05) is 30.3 Å². The van der Waals surface area contributed by atoms with E-state index in [9.17, 15) is 4.79 Å². The third-order valence-corrected chi connectivity index (χ3v) is 5.38. The monoisotopic (exact) mass is 429 g/mol. The lowest BCUT2D eigenvalue weighted by Gasteiger charge is -2.15. The summed E-state index contributed by atoms with van der Waals surface area (Å²) in [4.78, 5) is 16.5. The van der Waals surface area contributed by atoms with Crippen molar-refractivity contribution < 1.29 is 13.9 Å². The minimum absolute atomic E-state index is 0.113. The molecule has 7 heteroatoms. The number of carbonyl (C=O) groups excluding carboxylic acids is 1. The van der Waals surface area contributed by atoms with Gasteiger partial charge in [0.25, 0.3) is 5.91 Å². The second-order valence-corrected chi connectivity index (χ2v) is 7.79. The number of fused-ring (bicyclic) bond motifs is 2. The fourth-order valence-electron chi connectivity index (χ4n) is 3.76. The number of amides is 1. The number of carbonyl (C=O) groups is 1. The quantitative estimate of drug-likeness (QED) is 0.465. The Labute approximate surface area is 184 Å². The van der Waals surface area contributed by atoms with Crippen molar-refractivity contribution in [2.75, 3.05) is 5.32 Å². The normalized spacial score (nSPS) is 13.0. The third-order valence-electron chi connectivity index (χ3n) is 5.18. The molecule has 0 saturated carbocycles. The summed E-state index contributed by atoms with van der Waals surface area (Å²) in [7, 11) is 0. The van der Waals surface area contributed by atoms with Gasteiger partial charge in [-0.05, 0) is 47.6 Å². The van der Waals surface area contributed by atoms with E-state index in [1.54, 1.807) is 24.5 Å². The van der Waals surface area contributed by atoms with Gasteiger partial charge in [0.05, 0.1) is 0 Å². The van der Waals surface area contributed by atoms with Crippen LogP contribution in [0.15, 0.2) is 77.5 Å². The first-order valence-electron chi connectivity index (χ1n) is 9.93. The molecule has 2 N–H and O–H groups in total. The number of aromatic nitrogens is 1. The molecule has 2 heterocycles. The number of nitrogens with zero attached hydrogens (tertiary/aromatic N) is 1. The number of thiocarbonyl (C=S) groups is 1. The number of nitrogens with one attached hydrogen (secondary N) is 2. The fraction of sp³-hybridized carbons (Fsp3) is 0.125. The number of rotatable bonds is 4. The van der Waals surface area contributed by atoms with E-state index in [1.165, 1.54) is 11.1 Å². The highest BCUT2D eigenvalue weighted by Crippen LogP contribution is 2.27. The van der Waals surface area contributed by atoms with Gasteiger partial charge in [0.1, 0.15) is 17.4 Å². The highest BCUT2D eigenvalue weighted by molar-refractivity contribution is 7.80. The second-order valence-electron chi connectivity index (χ2n) is 7.38. The molecule has 0 fully saturated rings. The molecule has 31 heavy (non-hydrogen) atoms. The summed E-state index contributed by atoms with van der Waals surface area (Å²) in [5.74, 6) is 0.497. The number of hydrogen-bond donors (Lipinski definition) is 2. The van der Waals surface area contributed by atoms with Crippen molar-refractivity contribution >= 4 is 39.9 Å². The summed E-state index contributed by atoms with van der Waals surface area (Å²) >= 11 is 5.29. The summed E-state index contributed by atoms with van der Waals surface area (Å²) in [6.07, 6.45) is 5.16. The number of pyridine rings is 1. The average Bonchev–Trinajstić information content (AvgIpc) is 3.37. The molecule has 1 aliphatic carbocycles. The molecule has 0 aliphatic heterocycles. The van der Waals surface area contributed by atoms with Gasteiger partial charge >= 0.3 is 0 Å². The lowest BCUT2D eigenvalue weighted by atomic mass is 10.1. The van der Waals surface area contributed by atoms with Gasteiger partial charge in [-0.3, -0.25) is 15.1 Å². The summed E-state index contributed by atoms with van der Waals surface area (Å²) in [5, 5.41) is 6.59.